The summed E-state index contributed by atoms with van der Waals surface area (Å²) < 4.78 is 0.586. The van der Waals surface area contributed by atoms with E-state index < -0.39 is 5.97 Å². The average molecular weight is 179 g/mol. The van der Waals surface area contributed by atoms with Crippen molar-refractivity contribution < 1.29 is 26.8 Å². The molecule has 1 rings (SSSR count). The van der Waals surface area contributed by atoms with E-state index in [1.807, 2.05) is 14.1 Å². The summed E-state index contributed by atoms with van der Waals surface area (Å²) >= 11 is 0. The molecule has 0 aliphatic carbocycles. The molecule has 0 aromatic carbocycles. The van der Waals surface area contributed by atoms with E-state index in [9.17, 15) is 9.90 Å². The number of nitrogens with zero attached hydrogens (tertiary/aromatic N) is 1. The van der Waals surface area contributed by atoms with Crippen molar-refractivity contribution in [2.75, 3.05) is 20.6 Å². The number of hydrogen-bond acceptors (Lipinski definition) is 2. The van der Waals surface area contributed by atoms with Gasteiger partial charge in [-0.2, -0.15) is 0 Å². The van der Waals surface area contributed by atoms with Crippen LogP contribution < -0.4 is 17.5 Å². The standard InChI is InChI=1S/C7H13NO2.ClH/c1-8(2)5-3-4-6(8)7(9)10;/h6H,3-5H2,1-2H3;1H/p-1/t6-;/m0./s1. The Morgan fingerprint density at radius 3 is 2.27 bits per heavy atom. The maximum atomic E-state index is 10.5. The van der Waals surface area contributed by atoms with E-state index in [4.69, 9.17) is 0 Å². The molecule has 0 radical (unpaired) electrons. The first-order valence-electron chi connectivity index (χ1n) is 3.57. The van der Waals surface area contributed by atoms with E-state index in [1.54, 1.807) is 0 Å². The van der Waals surface area contributed by atoms with Crippen LogP contribution in [0, 0.1) is 0 Å². The zero-order valence-corrected chi connectivity index (χ0v) is 7.60. The first kappa shape index (κ1) is 10.7. The number of likely N-dealkylation sites (N-methyl/N-ethyl adjacent to an activating group) is 1. The molecule has 0 aromatic rings. The molecule has 0 unspecified atom stereocenters. The Morgan fingerprint density at radius 2 is 2.09 bits per heavy atom. The fourth-order valence-electron chi connectivity index (χ4n) is 1.60. The summed E-state index contributed by atoms with van der Waals surface area (Å²) in [5.74, 6) is -0.900. The third kappa shape index (κ3) is 2.07. The quantitative estimate of drug-likeness (QED) is 0.384. The summed E-state index contributed by atoms with van der Waals surface area (Å²) in [5, 5.41) is 10.5. The first-order valence-corrected chi connectivity index (χ1v) is 3.57. The van der Waals surface area contributed by atoms with Gasteiger partial charge in [0.1, 0.15) is 6.04 Å². The van der Waals surface area contributed by atoms with Crippen LogP contribution in [0.1, 0.15) is 12.8 Å². The number of aliphatic carboxylic acids is 1. The average Bonchev–Trinajstić information content (AvgIpc) is 2.08. The van der Waals surface area contributed by atoms with Crippen molar-refractivity contribution in [3.05, 3.63) is 0 Å². The second kappa shape index (κ2) is 3.41. The molecule has 1 aliphatic heterocycles. The highest BCUT2D eigenvalue weighted by atomic mass is 35.5. The fourth-order valence-corrected chi connectivity index (χ4v) is 1.60. The Balaban J connectivity index is 0.000001000. The zero-order chi connectivity index (χ0) is 7.78. The van der Waals surface area contributed by atoms with Crippen LogP contribution in [-0.4, -0.2) is 37.1 Å². The summed E-state index contributed by atoms with van der Waals surface area (Å²) in [6.07, 6.45) is 1.78. The molecule has 66 valence electrons. The molecule has 0 amide bonds. The van der Waals surface area contributed by atoms with Crippen LogP contribution in [0.3, 0.4) is 0 Å². The summed E-state index contributed by atoms with van der Waals surface area (Å²) in [4.78, 5) is 10.5. The van der Waals surface area contributed by atoms with E-state index >= 15 is 0 Å². The Kier molecular flexibility index (Phi) is 3.32. The van der Waals surface area contributed by atoms with Gasteiger partial charge in [0.05, 0.1) is 26.6 Å². The van der Waals surface area contributed by atoms with E-state index in [1.165, 1.54) is 0 Å². The lowest BCUT2D eigenvalue weighted by Crippen LogP contribution is -3.00. The van der Waals surface area contributed by atoms with Crippen molar-refractivity contribution in [1.82, 2.24) is 0 Å². The third-order valence-corrected chi connectivity index (χ3v) is 2.33. The Hall–Kier alpha value is -0.280. The highest BCUT2D eigenvalue weighted by Gasteiger charge is 2.34. The predicted molar refractivity (Wildman–Crippen MR) is 35.0 cm³/mol. The highest BCUT2D eigenvalue weighted by molar-refractivity contribution is 5.70. The molecular formula is C7H13ClNO2-. The number of halogens is 1. The smallest absolute Gasteiger partial charge is 0.129 e. The Labute approximate surface area is 73.0 Å². The molecule has 0 saturated carbocycles. The van der Waals surface area contributed by atoms with Gasteiger partial charge in [-0.05, 0) is 0 Å². The van der Waals surface area contributed by atoms with Gasteiger partial charge in [0.2, 0.25) is 0 Å². The molecule has 1 saturated heterocycles. The number of carbonyl (C=O) groups excluding carboxylic acids is 1. The minimum Gasteiger partial charge on any atom is -1.00 e. The largest absolute Gasteiger partial charge is 1.00 e. The Bertz CT molecular complexity index is 159. The molecule has 0 spiro atoms. The van der Waals surface area contributed by atoms with E-state index in [-0.39, 0.29) is 18.4 Å². The van der Waals surface area contributed by atoms with Crippen LogP contribution in [0.2, 0.25) is 0 Å². The van der Waals surface area contributed by atoms with Crippen molar-refractivity contribution in [2.24, 2.45) is 0 Å². The molecule has 11 heavy (non-hydrogen) atoms. The minimum atomic E-state index is -0.900. The van der Waals surface area contributed by atoms with Gasteiger partial charge in [-0.3, -0.25) is 0 Å². The topological polar surface area (TPSA) is 40.1 Å². The fraction of sp³-hybridized carbons (Fsp3) is 0.857. The number of hydrogen-bond donors (Lipinski definition) is 0. The van der Waals surface area contributed by atoms with Gasteiger partial charge in [0, 0.05) is 12.8 Å². The van der Waals surface area contributed by atoms with Gasteiger partial charge in [-0.15, -0.1) is 0 Å². The van der Waals surface area contributed by atoms with E-state index in [2.05, 4.69) is 0 Å². The first-order chi connectivity index (χ1) is 4.54. The predicted octanol–water partition coefficient (Wildman–Crippen LogP) is -4.02. The van der Waals surface area contributed by atoms with Gasteiger partial charge in [0.15, 0.2) is 0 Å². The van der Waals surface area contributed by atoms with Gasteiger partial charge in [-0.25, -0.2) is 0 Å². The van der Waals surface area contributed by atoms with Crippen molar-refractivity contribution >= 4 is 5.97 Å². The highest BCUT2D eigenvalue weighted by Crippen LogP contribution is 2.20. The van der Waals surface area contributed by atoms with Crippen LogP contribution >= 0.6 is 0 Å². The molecule has 3 nitrogen and oxygen atoms in total. The lowest BCUT2D eigenvalue weighted by molar-refractivity contribution is -0.895. The molecule has 1 aliphatic rings. The second-order valence-corrected chi connectivity index (χ2v) is 3.48. The van der Waals surface area contributed by atoms with Gasteiger partial charge >= 0.3 is 0 Å². The van der Waals surface area contributed by atoms with E-state index in [0.717, 1.165) is 19.4 Å². The molecule has 1 fully saturated rings. The Morgan fingerprint density at radius 1 is 1.55 bits per heavy atom. The summed E-state index contributed by atoms with van der Waals surface area (Å²) in [7, 11) is 3.88. The number of likely N-dealkylation sites (tertiary alicyclic amines) is 1. The molecule has 1 heterocycles. The number of carbonyl (C=O) groups is 1. The lowest BCUT2D eigenvalue weighted by Gasteiger charge is -2.31. The van der Waals surface area contributed by atoms with Crippen LogP contribution in [0.25, 0.3) is 0 Å². The maximum absolute atomic E-state index is 10.5. The number of carboxylic acids is 1. The molecular weight excluding hydrogens is 166 g/mol. The van der Waals surface area contributed by atoms with Crippen LogP contribution in [0.4, 0.5) is 0 Å². The van der Waals surface area contributed by atoms with Crippen LogP contribution in [0.5, 0.6) is 0 Å². The second-order valence-electron chi connectivity index (χ2n) is 3.48. The number of rotatable bonds is 1. The van der Waals surface area contributed by atoms with Crippen LogP contribution in [0.15, 0.2) is 0 Å². The normalized spacial score (nSPS) is 27.6. The molecule has 4 heteroatoms. The van der Waals surface area contributed by atoms with Gasteiger partial charge in [0.25, 0.3) is 0 Å². The zero-order valence-electron chi connectivity index (χ0n) is 6.84. The third-order valence-electron chi connectivity index (χ3n) is 2.33. The van der Waals surface area contributed by atoms with Crippen molar-refractivity contribution in [3.63, 3.8) is 0 Å². The molecule has 0 N–H and O–H groups in total. The summed E-state index contributed by atoms with van der Waals surface area (Å²) in [6, 6.07) is -0.278. The summed E-state index contributed by atoms with van der Waals surface area (Å²) in [5.41, 5.74) is 0. The van der Waals surface area contributed by atoms with Crippen LogP contribution in [-0.2, 0) is 4.79 Å². The number of quaternary nitrogens is 1. The van der Waals surface area contributed by atoms with Crippen molar-refractivity contribution in [3.8, 4) is 0 Å². The SMILES string of the molecule is C[N+]1(C)CCC[C@H]1C(=O)[O-].[Cl-]. The lowest BCUT2D eigenvalue weighted by atomic mass is 10.2. The van der Waals surface area contributed by atoms with Gasteiger partial charge < -0.3 is 26.8 Å². The monoisotopic (exact) mass is 178 g/mol. The molecule has 1 atom stereocenters. The van der Waals surface area contributed by atoms with Crippen molar-refractivity contribution in [1.29, 1.82) is 0 Å². The van der Waals surface area contributed by atoms with E-state index in [0.29, 0.717) is 4.48 Å². The minimum absolute atomic E-state index is 0. The summed E-state index contributed by atoms with van der Waals surface area (Å²) in [6.45, 7) is 0.957. The van der Waals surface area contributed by atoms with Gasteiger partial charge in [-0.1, -0.05) is 0 Å². The molecule has 0 bridgehead atoms. The number of carboxylic acid groups (broad SMARTS) is 1. The van der Waals surface area contributed by atoms with Crippen molar-refractivity contribution in [2.45, 2.75) is 18.9 Å². The molecule has 0 aromatic heterocycles. The maximum Gasteiger partial charge on any atom is 0.129 e.